The lowest BCUT2D eigenvalue weighted by molar-refractivity contribution is -0.140. The highest BCUT2D eigenvalue weighted by atomic mass is 35.5. The predicted octanol–water partition coefficient (Wildman–Crippen LogP) is 1.89. The van der Waals surface area contributed by atoms with E-state index in [2.05, 4.69) is 9.88 Å². The van der Waals surface area contributed by atoms with Gasteiger partial charge in [-0.15, -0.1) is 0 Å². The van der Waals surface area contributed by atoms with Crippen LogP contribution in [-0.2, 0) is 11.3 Å². The highest BCUT2D eigenvalue weighted by Crippen LogP contribution is 2.25. The van der Waals surface area contributed by atoms with E-state index in [0.29, 0.717) is 41.9 Å². The van der Waals surface area contributed by atoms with Crippen LogP contribution in [0.4, 0.5) is 0 Å². The second kappa shape index (κ2) is 8.05. The van der Waals surface area contributed by atoms with Crippen molar-refractivity contribution in [3.8, 4) is 0 Å². The number of hydrogen-bond acceptors (Lipinski definition) is 5. The lowest BCUT2D eigenvalue weighted by Crippen LogP contribution is -2.53. The molecular weight excluding hydrogens is 392 g/mol. The van der Waals surface area contributed by atoms with Crippen LogP contribution in [0.2, 0.25) is 5.02 Å². The van der Waals surface area contributed by atoms with Gasteiger partial charge in [0.15, 0.2) is 0 Å². The topological polar surface area (TPSA) is 78.7 Å². The first-order valence-corrected chi connectivity index (χ1v) is 10.6. The fourth-order valence-corrected chi connectivity index (χ4v) is 4.58. The molecule has 0 bridgehead atoms. The molecule has 156 valence electrons. The van der Waals surface area contributed by atoms with Gasteiger partial charge in [-0.3, -0.25) is 19.1 Å². The molecule has 1 aromatic heterocycles. The maximum atomic E-state index is 12.8. The van der Waals surface area contributed by atoms with Crippen molar-refractivity contribution in [2.75, 3.05) is 26.2 Å². The summed E-state index contributed by atoms with van der Waals surface area (Å²) < 4.78 is 1.46. The standard InChI is InChI=1S/C21H27ClN4O3/c1-15(24-8-2-3-9-24)19(27)25-10-6-21(29,7-11-25)13-26-14-23-18-12-16(22)4-5-17(18)20(26)28/h4-5,12,14-15,29H,2-3,6-11,13H2,1H3. The number of amides is 1. The number of hydrogen-bond donors (Lipinski definition) is 1. The first kappa shape index (κ1) is 20.3. The number of likely N-dealkylation sites (tertiary alicyclic amines) is 2. The van der Waals surface area contributed by atoms with Gasteiger partial charge in [0.05, 0.1) is 35.4 Å². The summed E-state index contributed by atoms with van der Waals surface area (Å²) in [5.41, 5.74) is -0.678. The number of nitrogens with zero attached hydrogens (tertiary/aromatic N) is 4. The third-order valence-electron chi connectivity index (χ3n) is 6.30. The van der Waals surface area contributed by atoms with Crippen molar-refractivity contribution in [2.45, 2.75) is 50.8 Å². The van der Waals surface area contributed by atoms with Crippen LogP contribution in [0.25, 0.3) is 10.9 Å². The summed E-state index contributed by atoms with van der Waals surface area (Å²) in [6, 6.07) is 4.87. The maximum absolute atomic E-state index is 12.8. The minimum atomic E-state index is -1.03. The Hall–Kier alpha value is -1.96. The van der Waals surface area contributed by atoms with Gasteiger partial charge in [0.25, 0.3) is 5.56 Å². The van der Waals surface area contributed by atoms with E-state index in [4.69, 9.17) is 11.6 Å². The van der Waals surface area contributed by atoms with Crippen LogP contribution in [0.3, 0.4) is 0 Å². The van der Waals surface area contributed by atoms with Gasteiger partial charge in [0, 0.05) is 18.1 Å². The molecule has 0 aliphatic carbocycles. The molecule has 2 fully saturated rings. The molecule has 1 atom stereocenters. The van der Waals surface area contributed by atoms with Gasteiger partial charge in [-0.25, -0.2) is 4.98 Å². The summed E-state index contributed by atoms with van der Waals surface area (Å²) >= 11 is 5.97. The number of fused-ring (bicyclic) bond motifs is 1. The van der Waals surface area contributed by atoms with E-state index in [0.717, 1.165) is 25.9 Å². The average molecular weight is 419 g/mol. The van der Waals surface area contributed by atoms with Crippen LogP contribution < -0.4 is 5.56 Å². The van der Waals surface area contributed by atoms with E-state index in [-0.39, 0.29) is 24.1 Å². The van der Waals surface area contributed by atoms with Gasteiger partial charge in [0.2, 0.25) is 5.91 Å². The first-order chi connectivity index (χ1) is 13.9. The van der Waals surface area contributed by atoms with Crippen LogP contribution in [-0.4, -0.2) is 68.2 Å². The number of benzene rings is 1. The highest BCUT2D eigenvalue weighted by molar-refractivity contribution is 6.31. The Bertz CT molecular complexity index is 962. The quantitative estimate of drug-likeness (QED) is 0.820. The largest absolute Gasteiger partial charge is 0.388 e. The Morgan fingerprint density at radius 1 is 1.24 bits per heavy atom. The molecule has 3 heterocycles. The molecule has 0 radical (unpaired) electrons. The SMILES string of the molecule is CC(C(=O)N1CCC(O)(Cn2cnc3cc(Cl)ccc3c2=O)CC1)N1CCCC1. The first-order valence-electron chi connectivity index (χ1n) is 10.3. The van der Waals surface area contributed by atoms with Crippen LogP contribution in [0.5, 0.6) is 0 Å². The predicted molar refractivity (Wildman–Crippen MR) is 112 cm³/mol. The van der Waals surface area contributed by atoms with E-state index in [1.54, 1.807) is 18.2 Å². The van der Waals surface area contributed by atoms with Gasteiger partial charge in [-0.1, -0.05) is 11.6 Å². The summed E-state index contributed by atoms with van der Waals surface area (Å²) in [4.78, 5) is 34.0. The third-order valence-corrected chi connectivity index (χ3v) is 6.54. The molecule has 1 amide bonds. The van der Waals surface area contributed by atoms with Crippen LogP contribution in [0, 0.1) is 0 Å². The van der Waals surface area contributed by atoms with E-state index < -0.39 is 5.60 Å². The van der Waals surface area contributed by atoms with Crippen molar-refractivity contribution < 1.29 is 9.90 Å². The molecule has 1 N–H and O–H groups in total. The van der Waals surface area contributed by atoms with Gasteiger partial charge < -0.3 is 10.0 Å². The van der Waals surface area contributed by atoms with Crippen LogP contribution >= 0.6 is 11.6 Å². The summed E-state index contributed by atoms with van der Waals surface area (Å²) in [5, 5.41) is 12.1. The number of piperidine rings is 1. The van der Waals surface area contributed by atoms with E-state index in [1.165, 1.54) is 10.9 Å². The van der Waals surface area contributed by atoms with Crippen molar-refractivity contribution in [1.29, 1.82) is 0 Å². The van der Waals surface area contributed by atoms with Crippen molar-refractivity contribution in [1.82, 2.24) is 19.4 Å². The van der Waals surface area contributed by atoms with Crippen molar-refractivity contribution in [2.24, 2.45) is 0 Å². The molecule has 2 aliphatic heterocycles. The van der Waals surface area contributed by atoms with Crippen molar-refractivity contribution in [3.05, 3.63) is 39.9 Å². The summed E-state index contributed by atoms with van der Waals surface area (Å²) in [6.07, 6.45) is 4.65. The normalized spacial score (nSPS) is 20.9. The number of rotatable bonds is 4. The Morgan fingerprint density at radius 3 is 2.62 bits per heavy atom. The van der Waals surface area contributed by atoms with Gasteiger partial charge >= 0.3 is 0 Å². The smallest absolute Gasteiger partial charge is 0.261 e. The summed E-state index contributed by atoms with van der Waals surface area (Å²) in [5.74, 6) is 0.135. The number of carbonyl (C=O) groups is 1. The minimum Gasteiger partial charge on any atom is -0.388 e. The second-order valence-electron chi connectivity index (χ2n) is 8.31. The molecule has 1 aromatic carbocycles. The monoisotopic (exact) mass is 418 g/mol. The minimum absolute atomic E-state index is 0.108. The third kappa shape index (κ3) is 4.17. The molecule has 29 heavy (non-hydrogen) atoms. The Balaban J connectivity index is 1.43. The van der Waals surface area contributed by atoms with Gasteiger partial charge in [-0.2, -0.15) is 0 Å². The molecule has 0 spiro atoms. The zero-order valence-electron chi connectivity index (χ0n) is 16.7. The fraction of sp³-hybridized carbons (Fsp3) is 0.571. The molecule has 7 nitrogen and oxygen atoms in total. The zero-order chi connectivity index (χ0) is 20.6. The molecule has 1 unspecified atom stereocenters. The van der Waals surface area contributed by atoms with E-state index in [9.17, 15) is 14.7 Å². The zero-order valence-corrected chi connectivity index (χ0v) is 17.4. The summed E-state index contributed by atoms with van der Waals surface area (Å²) in [7, 11) is 0. The van der Waals surface area contributed by atoms with Gasteiger partial charge in [0.1, 0.15) is 0 Å². The van der Waals surface area contributed by atoms with Crippen molar-refractivity contribution >= 4 is 28.4 Å². The molecule has 4 rings (SSSR count). The molecular formula is C21H27ClN4O3. The highest BCUT2D eigenvalue weighted by Gasteiger charge is 2.37. The fourth-order valence-electron chi connectivity index (χ4n) is 4.41. The second-order valence-corrected chi connectivity index (χ2v) is 8.74. The number of carbonyl (C=O) groups excluding carboxylic acids is 1. The Labute approximate surface area is 174 Å². The van der Waals surface area contributed by atoms with Crippen LogP contribution in [0.1, 0.15) is 32.6 Å². The lowest BCUT2D eigenvalue weighted by atomic mass is 9.91. The molecule has 8 heteroatoms. The number of aromatic nitrogens is 2. The van der Waals surface area contributed by atoms with E-state index in [1.807, 2.05) is 11.8 Å². The van der Waals surface area contributed by atoms with E-state index >= 15 is 0 Å². The Kier molecular flexibility index (Phi) is 5.64. The molecule has 2 aromatic rings. The molecule has 2 aliphatic rings. The Morgan fingerprint density at radius 2 is 1.93 bits per heavy atom. The summed E-state index contributed by atoms with van der Waals surface area (Å²) in [6.45, 7) is 5.10. The maximum Gasteiger partial charge on any atom is 0.261 e. The van der Waals surface area contributed by atoms with Crippen molar-refractivity contribution in [3.63, 3.8) is 0 Å². The number of aliphatic hydroxyl groups is 1. The van der Waals surface area contributed by atoms with Gasteiger partial charge in [-0.05, 0) is 63.9 Å². The van der Waals surface area contributed by atoms with Crippen LogP contribution in [0.15, 0.2) is 29.3 Å². The average Bonchev–Trinajstić information content (AvgIpc) is 3.24. The number of halogens is 1. The molecule has 0 saturated carbocycles. The lowest BCUT2D eigenvalue weighted by Gasteiger charge is -2.40. The molecule has 2 saturated heterocycles.